The van der Waals surface area contributed by atoms with Crippen LogP contribution in [0.3, 0.4) is 0 Å². The van der Waals surface area contributed by atoms with Gasteiger partial charge in [-0.2, -0.15) is 0 Å². The Morgan fingerprint density at radius 1 is 1.56 bits per heavy atom. The Balaban J connectivity index is 1.76. The molecule has 3 heterocycles. The van der Waals surface area contributed by atoms with Crippen LogP contribution in [0.1, 0.15) is 19.0 Å². The van der Waals surface area contributed by atoms with Crippen LogP contribution in [0.15, 0.2) is 36.6 Å². The van der Waals surface area contributed by atoms with Gasteiger partial charge in [-0.05, 0) is 12.5 Å². The van der Waals surface area contributed by atoms with Gasteiger partial charge in [-0.15, -0.1) is 11.3 Å². The van der Waals surface area contributed by atoms with E-state index >= 15 is 0 Å². The maximum absolute atomic E-state index is 12.3. The first-order valence-electron chi connectivity index (χ1n) is 7.87. The summed E-state index contributed by atoms with van der Waals surface area (Å²) in [5.74, 6) is 0. The van der Waals surface area contributed by atoms with Gasteiger partial charge in [0.05, 0.1) is 17.9 Å². The molecule has 0 bridgehead atoms. The molecular weight excluding hydrogens is 358 g/mol. The van der Waals surface area contributed by atoms with E-state index in [1.165, 1.54) is 11.8 Å². The number of thiazole rings is 1. The number of carbonyl (C=O) groups excluding carboxylic acids is 2. The topological polar surface area (TPSA) is 63.9 Å². The van der Waals surface area contributed by atoms with E-state index in [1.807, 2.05) is 28.1 Å². The van der Waals surface area contributed by atoms with Gasteiger partial charge in [-0.25, -0.2) is 9.78 Å². The SMILES string of the molecule is C=CCOC(=O)N1C[C@@H](SC(C)=O)C[C@H]1C=Cc1csc2cncn12. The first-order chi connectivity index (χ1) is 12.1. The maximum atomic E-state index is 12.3. The third-order valence-corrected chi connectivity index (χ3v) is 5.78. The summed E-state index contributed by atoms with van der Waals surface area (Å²) >= 11 is 2.90. The van der Waals surface area contributed by atoms with Crippen LogP contribution in [0.5, 0.6) is 0 Å². The van der Waals surface area contributed by atoms with E-state index in [-0.39, 0.29) is 29.1 Å². The second kappa shape index (κ2) is 7.88. The molecule has 0 aromatic carbocycles. The Hall–Kier alpha value is -2.06. The first kappa shape index (κ1) is 17.8. The standard InChI is InChI=1S/C17H19N3O3S2/c1-3-6-23-17(22)19-9-15(25-12(2)21)7-13(19)4-5-14-10-24-16-8-18-11-20(14)16/h3-5,8,10-11,13,15H,1,6-7,9H2,2H3/t13-,15+/m1/s1. The van der Waals surface area contributed by atoms with Crippen LogP contribution >= 0.6 is 23.1 Å². The molecule has 2 atom stereocenters. The van der Waals surface area contributed by atoms with E-state index in [1.54, 1.807) is 35.6 Å². The van der Waals surface area contributed by atoms with E-state index < -0.39 is 0 Å². The number of nitrogens with zero attached hydrogens (tertiary/aromatic N) is 3. The molecule has 0 saturated carbocycles. The number of rotatable bonds is 5. The molecule has 1 aliphatic heterocycles. The van der Waals surface area contributed by atoms with Crippen molar-refractivity contribution in [3.8, 4) is 0 Å². The number of ether oxygens (including phenoxy) is 1. The minimum absolute atomic E-state index is 0.0620. The highest BCUT2D eigenvalue weighted by molar-refractivity contribution is 8.14. The van der Waals surface area contributed by atoms with Crippen LogP contribution in [0.2, 0.25) is 0 Å². The fourth-order valence-corrected chi connectivity index (χ4v) is 4.64. The number of amides is 1. The zero-order valence-electron chi connectivity index (χ0n) is 13.8. The predicted octanol–water partition coefficient (Wildman–Crippen LogP) is 3.45. The van der Waals surface area contributed by atoms with Crippen LogP contribution in [-0.2, 0) is 9.53 Å². The normalized spacial score (nSPS) is 20.4. The van der Waals surface area contributed by atoms with E-state index in [4.69, 9.17) is 4.74 Å². The van der Waals surface area contributed by atoms with Gasteiger partial charge in [0.2, 0.25) is 0 Å². The summed E-state index contributed by atoms with van der Waals surface area (Å²) in [5.41, 5.74) is 1.01. The third kappa shape index (κ3) is 4.13. The number of hydrogen-bond acceptors (Lipinski definition) is 6. The van der Waals surface area contributed by atoms with E-state index in [9.17, 15) is 9.59 Å². The Bertz CT molecular complexity index is 811. The van der Waals surface area contributed by atoms with E-state index in [0.717, 1.165) is 16.9 Å². The summed E-state index contributed by atoms with van der Waals surface area (Å²) in [7, 11) is 0. The number of thioether (sulfide) groups is 1. The number of imidazole rings is 1. The molecule has 3 rings (SSSR count). The summed E-state index contributed by atoms with van der Waals surface area (Å²) < 4.78 is 7.18. The molecule has 1 aliphatic rings. The molecule has 25 heavy (non-hydrogen) atoms. The van der Waals surface area contributed by atoms with E-state index in [0.29, 0.717) is 6.54 Å². The lowest BCUT2D eigenvalue weighted by Gasteiger charge is -2.21. The second-order valence-electron chi connectivity index (χ2n) is 5.67. The minimum Gasteiger partial charge on any atom is -0.445 e. The van der Waals surface area contributed by atoms with Gasteiger partial charge >= 0.3 is 6.09 Å². The largest absolute Gasteiger partial charge is 0.445 e. The van der Waals surface area contributed by atoms with Gasteiger partial charge in [0, 0.05) is 24.1 Å². The van der Waals surface area contributed by atoms with Gasteiger partial charge in [0.1, 0.15) is 17.8 Å². The summed E-state index contributed by atoms with van der Waals surface area (Å²) in [6.45, 7) is 5.79. The van der Waals surface area contributed by atoms with Crippen molar-refractivity contribution in [3.05, 3.63) is 42.3 Å². The molecule has 1 amide bonds. The Kier molecular flexibility index (Phi) is 5.60. The number of aromatic nitrogens is 2. The zero-order chi connectivity index (χ0) is 17.8. The number of carbonyl (C=O) groups is 2. The molecule has 0 N–H and O–H groups in total. The van der Waals surface area contributed by atoms with E-state index in [2.05, 4.69) is 11.6 Å². The second-order valence-corrected chi connectivity index (χ2v) is 8.04. The maximum Gasteiger partial charge on any atom is 0.410 e. The molecular formula is C17H19N3O3S2. The average molecular weight is 377 g/mol. The predicted molar refractivity (Wildman–Crippen MR) is 101 cm³/mol. The molecule has 1 saturated heterocycles. The summed E-state index contributed by atoms with van der Waals surface area (Å²) in [5, 5.41) is 2.19. The molecule has 0 aliphatic carbocycles. The fourth-order valence-electron chi connectivity index (χ4n) is 2.82. The smallest absolute Gasteiger partial charge is 0.410 e. The fraction of sp³-hybridized carbons (Fsp3) is 0.353. The Morgan fingerprint density at radius 3 is 3.16 bits per heavy atom. The van der Waals surface area contributed by atoms with Gasteiger partial charge in [-0.3, -0.25) is 9.20 Å². The van der Waals surface area contributed by atoms with Crippen LogP contribution in [0.4, 0.5) is 4.79 Å². The van der Waals surface area contributed by atoms with Gasteiger partial charge < -0.3 is 9.64 Å². The number of fused-ring (bicyclic) bond motifs is 1. The molecule has 0 radical (unpaired) electrons. The van der Waals surface area contributed by atoms with Crippen molar-refractivity contribution in [1.29, 1.82) is 0 Å². The highest BCUT2D eigenvalue weighted by atomic mass is 32.2. The monoisotopic (exact) mass is 377 g/mol. The lowest BCUT2D eigenvalue weighted by molar-refractivity contribution is -0.109. The van der Waals surface area contributed by atoms with Crippen molar-refractivity contribution in [3.63, 3.8) is 0 Å². The summed E-state index contributed by atoms with van der Waals surface area (Å²) in [6.07, 6.45) is 9.46. The van der Waals surface area contributed by atoms with Gasteiger partial charge in [0.15, 0.2) is 5.12 Å². The molecule has 6 nitrogen and oxygen atoms in total. The van der Waals surface area contributed by atoms with Crippen molar-refractivity contribution >= 4 is 45.2 Å². The lowest BCUT2D eigenvalue weighted by atomic mass is 10.2. The molecule has 2 aromatic rings. The Labute approximate surface area is 154 Å². The molecule has 8 heteroatoms. The summed E-state index contributed by atoms with van der Waals surface area (Å²) in [4.78, 5) is 30.6. The minimum atomic E-state index is -0.376. The van der Waals surface area contributed by atoms with Crippen molar-refractivity contribution in [2.45, 2.75) is 24.6 Å². The Morgan fingerprint density at radius 2 is 2.40 bits per heavy atom. The highest BCUT2D eigenvalue weighted by Gasteiger charge is 2.35. The van der Waals surface area contributed by atoms with Crippen LogP contribution in [0, 0.1) is 0 Å². The summed E-state index contributed by atoms with van der Waals surface area (Å²) in [6, 6.07) is -0.104. The third-order valence-electron chi connectivity index (χ3n) is 3.87. The average Bonchev–Trinajstić information content (AvgIpc) is 3.26. The molecule has 1 fully saturated rings. The number of hydrogen-bond donors (Lipinski definition) is 0. The molecule has 0 spiro atoms. The number of likely N-dealkylation sites (tertiary alicyclic amines) is 1. The van der Waals surface area contributed by atoms with Crippen molar-refractivity contribution in [2.75, 3.05) is 13.2 Å². The molecule has 0 unspecified atom stereocenters. The highest BCUT2D eigenvalue weighted by Crippen LogP contribution is 2.30. The van der Waals surface area contributed by atoms with Crippen molar-refractivity contribution in [1.82, 2.24) is 14.3 Å². The van der Waals surface area contributed by atoms with Crippen LogP contribution in [-0.4, -0.2) is 49.9 Å². The zero-order valence-corrected chi connectivity index (χ0v) is 15.5. The quantitative estimate of drug-likeness (QED) is 0.747. The van der Waals surface area contributed by atoms with Gasteiger partial charge in [0.25, 0.3) is 0 Å². The van der Waals surface area contributed by atoms with Crippen molar-refractivity contribution in [2.24, 2.45) is 0 Å². The first-order valence-corrected chi connectivity index (χ1v) is 9.63. The van der Waals surface area contributed by atoms with Crippen LogP contribution < -0.4 is 0 Å². The lowest BCUT2D eigenvalue weighted by Crippen LogP contribution is -2.35. The molecule has 132 valence electrons. The van der Waals surface area contributed by atoms with Crippen molar-refractivity contribution < 1.29 is 14.3 Å². The van der Waals surface area contributed by atoms with Crippen LogP contribution in [0.25, 0.3) is 10.9 Å². The molecule has 2 aromatic heterocycles. The van der Waals surface area contributed by atoms with Gasteiger partial charge in [-0.1, -0.05) is 30.5 Å².